The number of rotatable bonds is 1. The molecule has 1 aliphatic heterocycles. The lowest BCUT2D eigenvalue weighted by Gasteiger charge is -2.22. The van der Waals surface area contributed by atoms with Crippen LogP contribution >= 0.6 is 0 Å². The van der Waals surface area contributed by atoms with Crippen LogP contribution in [0.25, 0.3) is 0 Å². The summed E-state index contributed by atoms with van der Waals surface area (Å²) in [6, 6.07) is 0. The summed E-state index contributed by atoms with van der Waals surface area (Å²) in [7, 11) is 0. The Balaban J connectivity index is 2.59. The van der Waals surface area contributed by atoms with E-state index in [1.807, 2.05) is 0 Å². The largest absolute Gasteiger partial charge is 0.375 e. The average molecular weight is 144 g/mol. The lowest BCUT2D eigenvalue weighted by molar-refractivity contribution is -0.130. The molecule has 1 rings (SSSR count). The van der Waals surface area contributed by atoms with Crippen LogP contribution < -0.4 is 5.84 Å². The first-order chi connectivity index (χ1) is 4.74. The van der Waals surface area contributed by atoms with Crippen LogP contribution in [0, 0.1) is 0 Å². The summed E-state index contributed by atoms with van der Waals surface area (Å²) in [6.45, 7) is -0.237. The van der Waals surface area contributed by atoms with Crippen molar-refractivity contribution < 1.29 is 9.90 Å². The number of hydrogen-bond acceptors (Lipinski definition) is 5. The van der Waals surface area contributed by atoms with Crippen molar-refractivity contribution in [2.75, 3.05) is 13.3 Å². The van der Waals surface area contributed by atoms with E-state index in [0.29, 0.717) is 0 Å². The highest BCUT2D eigenvalue weighted by molar-refractivity contribution is 5.89. The van der Waals surface area contributed by atoms with Gasteiger partial charge in [0, 0.05) is 0 Å². The molecule has 0 aromatic carbocycles. The highest BCUT2D eigenvalue weighted by Gasteiger charge is 2.15. The topological polar surface area (TPSA) is 82.2 Å². The Morgan fingerprint density at radius 1 is 1.90 bits per heavy atom. The maximum absolute atomic E-state index is 10.7. The molecule has 0 aromatic heterocycles. The van der Waals surface area contributed by atoms with Gasteiger partial charge in [-0.1, -0.05) is 0 Å². The van der Waals surface area contributed by atoms with Gasteiger partial charge in [0.05, 0.1) is 0 Å². The normalized spacial score (nSPS) is 18.4. The third-order valence-corrected chi connectivity index (χ3v) is 1.11. The first-order valence-corrected chi connectivity index (χ1v) is 2.70. The van der Waals surface area contributed by atoms with Crippen molar-refractivity contribution in [3.05, 3.63) is 0 Å². The van der Waals surface area contributed by atoms with Crippen molar-refractivity contribution in [2.45, 2.75) is 0 Å². The SMILES string of the molecule is NN1C=NN(CO)CC1=O. The Kier molecular flexibility index (Phi) is 1.83. The average Bonchev–Trinajstić information content (AvgIpc) is 1.95. The molecule has 0 bridgehead atoms. The van der Waals surface area contributed by atoms with Gasteiger partial charge < -0.3 is 5.11 Å². The van der Waals surface area contributed by atoms with E-state index in [1.165, 1.54) is 5.01 Å². The van der Waals surface area contributed by atoms with Gasteiger partial charge in [-0.2, -0.15) is 5.10 Å². The minimum absolute atomic E-state index is 0.0312. The number of nitrogens with zero attached hydrogens (tertiary/aromatic N) is 3. The van der Waals surface area contributed by atoms with E-state index in [0.717, 1.165) is 11.3 Å². The van der Waals surface area contributed by atoms with Crippen molar-refractivity contribution in [1.29, 1.82) is 0 Å². The van der Waals surface area contributed by atoms with E-state index in [2.05, 4.69) is 5.10 Å². The molecule has 6 heteroatoms. The zero-order chi connectivity index (χ0) is 7.56. The molecule has 6 nitrogen and oxygen atoms in total. The third-order valence-electron chi connectivity index (χ3n) is 1.11. The molecule has 0 radical (unpaired) electrons. The molecular weight excluding hydrogens is 136 g/mol. The molecule has 3 N–H and O–H groups in total. The van der Waals surface area contributed by atoms with Gasteiger partial charge in [0.15, 0.2) is 0 Å². The van der Waals surface area contributed by atoms with E-state index in [-0.39, 0.29) is 19.2 Å². The maximum atomic E-state index is 10.7. The fraction of sp³-hybridized carbons (Fsp3) is 0.500. The molecule has 0 saturated heterocycles. The lowest BCUT2D eigenvalue weighted by atomic mass is 10.5. The maximum Gasteiger partial charge on any atom is 0.263 e. The van der Waals surface area contributed by atoms with Crippen LogP contribution in [0.2, 0.25) is 0 Å². The second-order valence-electron chi connectivity index (χ2n) is 1.84. The minimum atomic E-state index is -0.288. The number of nitrogens with two attached hydrogens (primary N) is 1. The van der Waals surface area contributed by atoms with Crippen LogP contribution in [0.15, 0.2) is 5.10 Å². The fourth-order valence-corrected chi connectivity index (χ4v) is 0.558. The Morgan fingerprint density at radius 2 is 2.60 bits per heavy atom. The van der Waals surface area contributed by atoms with Gasteiger partial charge in [0.25, 0.3) is 5.91 Å². The molecule has 0 saturated carbocycles. The molecule has 56 valence electrons. The van der Waals surface area contributed by atoms with E-state index in [4.69, 9.17) is 10.9 Å². The van der Waals surface area contributed by atoms with Crippen LogP contribution in [0.3, 0.4) is 0 Å². The summed E-state index contributed by atoms with van der Waals surface area (Å²) in [5.74, 6) is 4.83. The molecule has 1 aliphatic rings. The van der Waals surface area contributed by atoms with Gasteiger partial charge in [-0.05, 0) is 0 Å². The Bertz CT molecular complexity index is 169. The van der Waals surface area contributed by atoms with Crippen molar-refractivity contribution in [3.8, 4) is 0 Å². The Morgan fingerprint density at radius 3 is 3.10 bits per heavy atom. The zero-order valence-corrected chi connectivity index (χ0v) is 5.27. The van der Waals surface area contributed by atoms with Gasteiger partial charge in [-0.15, -0.1) is 0 Å². The van der Waals surface area contributed by atoms with Crippen LogP contribution in [0.5, 0.6) is 0 Å². The molecule has 0 spiro atoms. The highest BCUT2D eigenvalue weighted by atomic mass is 16.3. The smallest absolute Gasteiger partial charge is 0.263 e. The van der Waals surface area contributed by atoms with Gasteiger partial charge in [0.2, 0.25) is 0 Å². The standard InChI is InChI=1S/C4H8N4O2/c5-8-2-6-7(3-9)1-4(8)10/h2,9H,1,3,5H2. The van der Waals surface area contributed by atoms with E-state index in [9.17, 15) is 4.79 Å². The second kappa shape index (κ2) is 2.63. The molecule has 0 aromatic rings. The fourth-order valence-electron chi connectivity index (χ4n) is 0.558. The number of aliphatic hydroxyl groups is 1. The quantitative estimate of drug-likeness (QED) is 0.326. The van der Waals surface area contributed by atoms with Gasteiger partial charge in [0.1, 0.15) is 19.6 Å². The Labute approximate surface area is 57.5 Å². The molecule has 0 atom stereocenters. The summed E-state index contributed by atoms with van der Waals surface area (Å²) in [6.07, 6.45) is 1.15. The number of aliphatic hydroxyl groups excluding tert-OH is 1. The Hall–Kier alpha value is -1.14. The van der Waals surface area contributed by atoms with Crippen molar-refractivity contribution >= 4 is 12.2 Å². The summed E-state index contributed by atoms with van der Waals surface area (Å²) < 4.78 is 0. The summed E-state index contributed by atoms with van der Waals surface area (Å²) in [4.78, 5) is 10.7. The summed E-state index contributed by atoms with van der Waals surface area (Å²) in [5.41, 5.74) is 0. The summed E-state index contributed by atoms with van der Waals surface area (Å²) in [5, 5.41) is 14.2. The lowest BCUT2D eigenvalue weighted by Crippen LogP contribution is -2.46. The number of amides is 1. The number of carbonyl (C=O) groups is 1. The van der Waals surface area contributed by atoms with Crippen molar-refractivity contribution in [3.63, 3.8) is 0 Å². The molecule has 0 fully saturated rings. The second-order valence-corrected chi connectivity index (χ2v) is 1.84. The van der Waals surface area contributed by atoms with E-state index < -0.39 is 0 Å². The third kappa shape index (κ3) is 1.23. The zero-order valence-electron chi connectivity index (χ0n) is 5.27. The highest BCUT2D eigenvalue weighted by Crippen LogP contribution is 1.93. The van der Waals surface area contributed by atoms with Crippen LogP contribution in [-0.2, 0) is 4.79 Å². The molecule has 0 aliphatic carbocycles. The molecular formula is C4H8N4O2. The van der Waals surface area contributed by atoms with Crippen molar-refractivity contribution in [2.24, 2.45) is 10.9 Å². The monoisotopic (exact) mass is 144 g/mol. The van der Waals surface area contributed by atoms with Crippen LogP contribution in [-0.4, -0.2) is 40.6 Å². The summed E-state index contributed by atoms with van der Waals surface area (Å²) >= 11 is 0. The molecule has 1 heterocycles. The van der Waals surface area contributed by atoms with E-state index >= 15 is 0 Å². The first kappa shape index (κ1) is 6.97. The van der Waals surface area contributed by atoms with Gasteiger partial charge >= 0.3 is 0 Å². The molecule has 1 amide bonds. The number of carbonyl (C=O) groups excluding carboxylic acids is 1. The van der Waals surface area contributed by atoms with Crippen molar-refractivity contribution in [1.82, 2.24) is 10.0 Å². The molecule has 0 unspecified atom stereocenters. The molecule has 10 heavy (non-hydrogen) atoms. The predicted molar refractivity (Wildman–Crippen MR) is 33.3 cm³/mol. The van der Waals surface area contributed by atoms with Gasteiger partial charge in [-0.25, -0.2) is 10.9 Å². The van der Waals surface area contributed by atoms with Crippen LogP contribution in [0.1, 0.15) is 0 Å². The number of hydrazone groups is 1. The minimum Gasteiger partial charge on any atom is -0.375 e. The number of hydrogen-bond donors (Lipinski definition) is 2. The van der Waals surface area contributed by atoms with Gasteiger partial charge in [-0.3, -0.25) is 9.80 Å². The first-order valence-electron chi connectivity index (χ1n) is 2.70. The van der Waals surface area contributed by atoms with E-state index in [1.54, 1.807) is 0 Å². The van der Waals surface area contributed by atoms with Crippen LogP contribution in [0.4, 0.5) is 0 Å². The predicted octanol–water partition coefficient (Wildman–Crippen LogP) is -2.10. The number of hydrazine groups is 1.